The van der Waals surface area contributed by atoms with Crippen LogP contribution in [0.1, 0.15) is 99.5 Å². The molecule has 0 spiro atoms. The summed E-state index contributed by atoms with van der Waals surface area (Å²) >= 11 is 0. The first-order valence-corrected chi connectivity index (χ1v) is 14.7. The molecular weight excluding hydrogens is 468 g/mol. The van der Waals surface area contributed by atoms with Crippen molar-refractivity contribution in [3.05, 3.63) is 89.7 Å². The Morgan fingerprint density at radius 1 is 0.816 bits per heavy atom. The van der Waals surface area contributed by atoms with Crippen molar-refractivity contribution in [2.75, 3.05) is 11.5 Å². The number of carbonyl (C=O) groups is 1. The Morgan fingerprint density at radius 2 is 1.50 bits per heavy atom. The van der Waals surface area contributed by atoms with E-state index in [1.54, 1.807) is 0 Å². The molecule has 3 rings (SSSR count). The van der Waals surface area contributed by atoms with Crippen LogP contribution in [-0.2, 0) is 13.1 Å². The van der Waals surface area contributed by atoms with E-state index >= 15 is 0 Å². The predicted octanol–water partition coefficient (Wildman–Crippen LogP) is 8.45. The zero-order chi connectivity index (χ0) is 27.0. The van der Waals surface area contributed by atoms with Crippen LogP contribution in [0.3, 0.4) is 0 Å². The number of carbonyl (C=O) groups excluding carboxylic acids is 1. The molecule has 0 N–H and O–H groups in total. The number of aryl methyl sites for hydroxylation is 2. The summed E-state index contributed by atoms with van der Waals surface area (Å²) in [5, 5.41) is 0. The number of anilines is 1. The van der Waals surface area contributed by atoms with Gasteiger partial charge in [-0.1, -0.05) is 89.0 Å². The molecule has 0 unspecified atom stereocenters. The fraction of sp³-hybridized carbons (Fsp3) is 0.471. The molecule has 1 aromatic heterocycles. The van der Waals surface area contributed by atoms with E-state index in [0.29, 0.717) is 12.1 Å². The largest absolute Gasteiger partial charge is 0.494 e. The fourth-order valence-electron chi connectivity index (χ4n) is 4.77. The Bertz CT molecular complexity index is 1100. The van der Waals surface area contributed by atoms with Gasteiger partial charge >= 0.3 is 0 Å². The van der Waals surface area contributed by atoms with Crippen molar-refractivity contribution >= 4 is 11.6 Å². The predicted molar refractivity (Wildman–Crippen MR) is 158 cm³/mol. The molecule has 0 aliphatic carbocycles. The second-order valence-corrected chi connectivity index (χ2v) is 10.3. The second-order valence-electron chi connectivity index (χ2n) is 10.3. The summed E-state index contributed by atoms with van der Waals surface area (Å²) < 4.78 is 8.09. The Balaban J connectivity index is 1.53. The van der Waals surface area contributed by atoms with Gasteiger partial charge in [0.25, 0.3) is 5.91 Å². The van der Waals surface area contributed by atoms with Crippen molar-refractivity contribution in [2.24, 2.45) is 0 Å². The van der Waals surface area contributed by atoms with Gasteiger partial charge in [-0.25, -0.2) is 4.57 Å². The number of nitrogens with zero attached hydrogens (tertiary/aromatic N) is 2. The standard InChI is InChI=1S/C34H47N2O2/c1-4-6-7-8-9-10-11-12-13-17-25-38-33-23-22-30(29(3)26-33)28-36(32-20-15-14-16-21-32)34(37)31-19-18-24-35(5-2)27-31/h14-16,18-24,26-27H,4-13,17,25,28H2,1-3H3/q+1. The van der Waals surface area contributed by atoms with E-state index in [1.165, 1.54) is 57.8 Å². The molecule has 0 radical (unpaired) electrons. The Kier molecular flexibility index (Phi) is 12.9. The Morgan fingerprint density at radius 3 is 2.16 bits per heavy atom. The summed E-state index contributed by atoms with van der Waals surface area (Å²) in [4.78, 5) is 15.5. The zero-order valence-electron chi connectivity index (χ0n) is 23.8. The average Bonchev–Trinajstić information content (AvgIpc) is 2.95. The van der Waals surface area contributed by atoms with Crippen LogP contribution in [0.2, 0.25) is 0 Å². The molecule has 0 bridgehead atoms. The van der Waals surface area contributed by atoms with Gasteiger partial charge in [-0.3, -0.25) is 4.79 Å². The van der Waals surface area contributed by atoms with Gasteiger partial charge in [-0.05, 0) is 61.7 Å². The molecule has 4 heteroatoms. The van der Waals surface area contributed by atoms with Gasteiger partial charge in [0.15, 0.2) is 12.4 Å². The second kappa shape index (κ2) is 16.7. The van der Waals surface area contributed by atoms with Gasteiger partial charge in [0.05, 0.1) is 13.2 Å². The lowest BCUT2D eigenvalue weighted by Gasteiger charge is -2.24. The van der Waals surface area contributed by atoms with Gasteiger partial charge < -0.3 is 9.64 Å². The molecule has 2 aromatic carbocycles. The molecule has 0 aliphatic heterocycles. The molecule has 0 fully saturated rings. The first-order valence-electron chi connectivity index (χ1n) is 14.7. The molecule has 1 amide bonds. The Labute approximate surface area is 230 Å². The molecule has 1 heterocycles. The summed E-state index contributed by atoms with van der Waals surface area (Å²) in [7, 11) is 0. The molecule has 3 aromatic rings. The first-order chi connectivity index (χ1) is 18.6. The van der Waals surface area contributed by atoms with Crippen molar-refractivity contribution in [1.29, 1.82) is 0 Å². The lowest BCUT2D eigenvalue weighted by Crippen LogP contribution is -2.36. The quantitative estimate of drug-likeness (QED) is 0.133. The molecule has 204 valence electrons. The van der Waals surface area contributed by atoms with E-state index in [2.05, 4.69) is 32.9 Å². The van der Waals surface area contributed by atoms with Gasteiger partial charge in [0.2, 0.25) is 0 Å². The van der Waals surface area contributed by atoms with Crippen LogP contribution in [0.25, 0.3) is 0 Å². The lowest BCUT2D eigenvalue weighted by atomic mass is 10.1. The maximum atomic E-state index is 13.6. The zero-order valence-corrected chi connectivity index (χ0v) is 23.8. The van der Waals surface area contributed by atoms with Crippen molar-refractivity contribution in [1.82, 2.24) is 0 Å². The smallest absolute Gasteiger partial charge is 0.264 e. The minimum absolute atomic E-state index is 0.000291. The number of pyridine rings is 1. The van der Waals surface area contributed by atoms with Gasteiger partial charge in [0.1, 0.15) is 17.9 Å². The number of unbranched alkanes of at least 4 members (excludes halogenated alkanes) is 9. The van der Waals surface area contributed by atoms with Crippen molar-refractivity contribution < 1.29 is 14.1 Å². The summed E-state index contributed by atoms with van der Waals surface area (Å²) in [5.74, 6) is 0.909. The number of ether oxygens (including phenoxy) is 1. The van der Waals surface area contributed by atoms with Crippen LogP contribution in [0.5, 0.6) is 5.75 Å². The van der Waals surface area contributed by atoms with Crippen molar-refractivity contribution in [3.8, 4) is 5.75 Å². The number of para-hydroxylation sites is 1. The number of rotatable bonds is 17. The number of amides is 1. The summed E-state index contributed by atoms with van der Waals surface area (Å²) in [6.45, 7) is 8.54. The normalized spacial score (nSPS) is 10.9. The maximum absolute atomic E-state index is 13.6. The summed E-state index contributed by atoms with van der Waals surface area (Å²) in [6, 6.07) is 20.0. The van der Waals surface area contributed by atoms with E-state index < -0.39 is 0 Å². The van der Waals surface area contributed by atoms with Crippen LogP contribution >= 0.6 is 0 Å². The number of hydrogen-bond acceptors (Lipinski definition) is 2. The monoisotopic (exact) mass is 515 g/mol. The number of benzene rings is 2. The fourth-order valence-corrected chi connectivity index (χ4v) is 4.77. The van der Waals surface area contributed by atoms with Crippen LogP contribution in [0.15, 0.2) is 73.1 Å². The molecule has 38 heavy (non-hydrogen) atoms. The van der Waals surface area contributed by atoms with Gasteiger partial charge in [0, 0.05) is 11.8 Å². The molecule has 0 saturated carbocycles. The highest BCUT2D eigenvalue weighted by molar-refractivity contribution is 6.05. The van der Waals surface area contributed by atoms with E-state index in [0.717, 1.165) is 42.1 Å². The van der Waals surface area contributed by atoms with Gasteiger partial charge in [-0.15, -0.1) is 0 Å². The third-order valence-electron chi connectivity index (χ3n) is 7.19. The van der Waals surface area contributed by atoms with E-state index in [4.69, 9.17) is 4.74 Å². The maximum Gasteiger partial charge on any atom is 0.264 e. The molecule has 4 nitrogen and oxygen atoms in total. The minimum atomic E-state index is -0.000291. The first kappa shape index (κ1) is 29.4. The van der Waals surface area contributed by atoms with E-state index in [1.807, 2.05) is 70.4 Å². The van der Waals surface area contributed by atoms with E-state index in [9.17, 15) is 4.79 Å². The van der Waals surface area contributed by atoms with Crippen molar-refractivity contribution in [3.63, 3.8) is 0 Å². The van der Waals surface area contributed by atoms with Crippen LogP contribution in [0.4, 0.5) is 5.69 Å². The lowest BCUT2D eigenvalue weighted by molar-refractivity contribution is -0.693. The summed E-state index contributed by atoms with van der Waals surface area (Å²) in [5.41, 5.74) is 3.83. The third kappa shape index (κ3) is 9.63. The SMILES string of the molecule is CCCCCCCCCCCCOc1ccc(CN(C(=O)c2ccc[n+](CC)c2)c2ccccc2)c(C)c1. The molecule has 0 aliphatic rings. The highest BCUT2D eigenvalue weighted by Crippen LogP contribution is 2.24. The van der Waals surface area contributed by atoms with Crippen molar-refractivity contribution in [2.45, 2.75) is 98.1 Å². The van der Waals surface area contributed by atoms with Crippen LogP contribution in [-0.4, -0.2) is 12.5 Å². The average molecular weight is 516 g/mol. The number of hydrogen-bond donors (Lipinski definition) is 0. The molecular formula is C34H47N2O2+. The highest BCUT2D eigenvalue weighted by atomic mass is 16.5. The van der Waals surface area contributed by atoms with Crippen LogP contribution < -0.4 is 14.2 Å². The van der Waals surface area contributed by atoms with Crippen LogP contribution in [0, 0.1) is 6.92 Å². The molecule has 0 atom stereocenters. The highest BCUT2D eigenvalue weighted by Gasteiger charge is 2.21. The van der Waals surface area contributed by atoms with Gasteiger partial charge in [-0.2, -0.15) is 0 Å². The Hall–Kier alpha value is -3.14. The third-order valence-corrected chi connectivity index (χ3v) is 7.19. The topological polar surface area (TPSA) is 33.4 Å². The molecule has 0 saturated heterocycles. The summed E-state index contributed by atoms with van der Waals surface area (Å²) in [6.07, 6.45) is 17.2. The minimum Gasteiger partial charge on any atom is -0.494 e. The number of aromatic nitrogens is 1. The van der Waals surface area contributed by atoms with E-state index in [-0.39, 0.29) is 5.91 Å².